The Hall–Kier alpha value is -2.13. The molecule has 1 amide bonds. The van der Waals surface area contributed by atoms with Gasteiger partial charge in [-0.05, 0) is 36.8 Å². The van der Waals surface area contributed by atoms with Gasteiger partial charge in [0.1, 0.15) is 11.9 Å². The number of nitrogens with two attached hydrogens (primary N) is 1. The van der Waals surface area contributed by atoms with Crippen LogP contribution in [0.1, 0.15) is 5.56 Å². The van der Waals surface area contributed by atoms with Crippen LogP contribution < -0.4 is 11.1 Å². The van der Waals surface area contributed by atoms with Crippen LogP contribution >= 0.6 is 25.9 Å². The molecule has 3 rings (SSSR count). The van der Waals surface area contributed by atoms with Crippen LogP contribution in [0.15, 0.2) is 42.6 Å². The summed E-state index contributed by atoms with van der Waals surface area (Å²) in [6.07, 6.45) is 1.56. The van der Waals surface area contributed by atoms with Crippen molar-refractivity contribution in [2.24, 2.45) is 5.73 Å². The molecule has 0 spiro atoms. The molecule has 0 unspecified atom stereocenters. The van der Waals surface area contributed by atoms with Crippen LogP contribution in [0.2, 0.25) is 0 Å². The lowest BCUT2D eigenvalue weighted by molar-refractivity contribution is -0.118. The van der Waals surface area contributed by atoms with Crippen molar-refractivity contribution in [2.45, 2.75) is 13.0 Å². The third kappa shape index (κ3) is 4.34. The molecule has 6 nitrogen and oxygen atoms in total. The molecule has 1 aromatic heterocycles. The number of aliphatic hydroxyl groups excluding tert-OH is 1. The highest BCUT2D eigenvalue weighted by atomic mass is 35.5. The first-order valence-electron chi connectivity index (χ1n) is 7.41. The summed E-state index contributed by atoms with van der Waals surface area (Å²) in [5.41, 5.74) is 7.99. The van der Waals surface area contributed by atoms with Gasteiger partial charge in [0.2, 0.25) is 5.91 Å². The van der Waals surface area contributed by atoms with E-state index in [0.717, 1.165) is 11.3 Å². The van der Waals surface area contributed by atoms with E-state index in [2.05, 4.69) is 10.4 Å². The van der Waals surface area contributed by atoms with Crippen LogP contribution in [0.5, 0.6) is 0 Å². The van der Waals surface area contributed by atoms with Gasteiger partial charge in [-0.2, -0.15) is 18.6 Å². The summed E-state index contributed by atoms with van der Waals surface area (Å²) in [7, 11) is 0. The van der Waals surface area contributed by atoms with E-state index in [4.69, 9.17) is 10.8 Å². The number of carbonyl (C=O) groups excluding carboxylic acids is 1. The minimum atomic E-state index is -1.11. The first-order valence-corrected chi connectivity index (χ1v) is 7.41. The quantitative estimate of drug-likeness (QED) is 0.628. The summed E-state index contributed by atoms with van der Waals surface area (Å²) >= 11 is 0. The number of hydrogen-bond acceptors (Lipinski definition) is 4. The predicted octanol–water partition coefficient (Wildman–Crippen LogP) is 2.27. The van der Waals surface area contributed by atoms with Gasteiger partial charge in [0, 0.05) is 5.39 Å². The number of aryl methyl sites for hydroxylation is 1. The van der Waals surface area contributed by atoms with Crippen molar-refractivity contribution in [3.63, 3.8) is 0 Å². The molecule has 1 heterocycles. The Labute approximate surface area is 163 Å². The second-order valence-corrected chi connectivity index (χ2v) is 5.56. The predicted molar refractivity (Wildman–Crippen MR) is 107 cm³/mol. The van der Waals surface area contributed by atoms with Gasteiger partial charge in [-0.1, -0.05) is 12.1 Å². The summed E-state index contributed by atoms with van der Waals surface area (Å²) in [6.45, 7) is 1.45. The molecule has 1 atom stereocenters. The molecule has 3 aromatic rings. The van der Waals surface area contributed by atoms with E-state index in [-0.39, 0.29) is 31.6 Å². The van der Waals surface area contributed by atoms with E-state index in [9.17, 15) is 9.18 Å². The second kappa shape index (κ2) is 9.00. The number of anilines is 1. The SMILES string of the molecule is Cc1cccc(-n2ncc3cc(F)c(NC(=O)[C@@H](N)CO)cc32)c1.Cl.S. The Balaban J connectivity index is 0.00000169. The summed E-state index contributed by atoms with van der Waals surface area (Å²) in [5.74, 6) is -1.25. The highest BCUT2D eigenvalue weighted by Gasteiger charge is 2.16. The van der Waals surface area contributed by atoms with Crippen molar-refractivity contribution in [1.82, 2.24) is 9.78 Å². The van der Waals surface area contributed by atoms with Gasteiger partial charge in [0.15, 0.2) is 0 Å². The zero-order valence-corrected chi connectivity index (χ0v) is 15.8. The van der Waals surface area contributed by atoms with Crippen LogP contribution in [-0.4, -0.2) is 33.4 Å². The minimum absolute atomic E-state index is 0. The number of hydrogen-bond donors (Lipinski definition) is 3. The van der Waals surface area contributed by atoms with Gasteiger partial charge in [-0.25, -0.2) is 9.07 Å². The van der Waals surface area contributed by atoms with E-state index < -0.39 is 24.4 Å². The fourth-order valence-corrected chi connectivity index (χ4v) is 2.42. The van der Waals surface area contributed by atoms with Gasteiger partial charge >= 0.3 is 0 Å². The van der Waals surface area contributed by atoms with Crippen molar-refractivity contribution >= 4 is 48.4 Å². The normalized spacial score (nSPS) is 11.4. The number of benzene rings is 2. The minimum Gasteiger partial charge on any atom is -0.394 e. The van der Waals surface area contributed by atoms with Crippen LogP contribution in [0, 0.1) is 12.7 Å². The first kappa shape index (κ1) is 21.9. The Morgan fingerprint density at radius 1 is 1.38 bits per heavy atom. The molecule has 0 aliphatic carbocycles. The van der Waals surface area contributed by atoms with E-state index in [1.807, 2.05) is 31.2 Å². The summed E-state index contributed by atoms with van der Waals surface area (Å²) in [5, 5.41) is 16.2. The maximum Gasteiger partial charge on any atom is 0.243 e. The maximum absolute atomic E-state index is 14.2. The van der Waals surface area contributed by atoms with Crippen LogP contribution in [0.4, 0.5) is 10.1 Å². The Kier molecular flexibility index (Phi) is 7.58. The number of halogens is 2. The number of nitrogens with one attached hydrogen (secondary N) is 1. The topological polar surface area (TPSA) is 93.2 Å². The average molecular weight is 399 g/mol. The zero-order chi connectivity index (χ0) is 17.3. The number of aliphatic hydroxyl groups is 1. The molecule has 140 valence electrons. The van der Waals surface area contributed by atoms with E-state index >= 15 is 0 Å². The summed E-state index contributed by atoms with van der Waals surface area (Å²) in [4.78, 5) is 11.8. The second-order valence-electron chi connectivity index (χ2n) is 5.56. The number of amides is 1. The number of carbonyl (C=O) groups is 1. The van der Waals surface area contributed by atoms with Crippen molar-refractivity contribution in [2.75, 3.05) is 11.9 Å². The van der Waals surface area contributed by atoms with Crippen molar-refractivity contribution < 1.29 is 14.3 Å². The molecular formula is C17H20ClFN4O2S. The van der Waals surface area contributed by atoms with Gasteiger partial charge in [-0.3, -0.25) is 4.79 Å². The third-order valence-corrected chi connectivity index (χ3v) is 3.69. The largest absolute Gasteiger partial charge is 0.394 e. The lowest BCUT2D eigenvalue weighted by atomic mass is 10.2. The fraction of sp³-hybridized carbons (Fsp3) is 0.176. The first-order chi connectivity index (χ1) is 11.5. The highest BCUT2D eigenvalue weighted by molar-refractivity contribution is 7.59. The third-order valence-electron chi connectivity index (χ3n) is 3.69. The average Bonchev–Trinajstić information content (AvgIpc) is 2.97. The number of fused-ring (bicyclic) bond motifs is 1. The van der Waals surface area contributed by atoms with Crippen LogP contribution in [-0.2, 0) is 4.79 Å². The molecule has 26 heavy (non-hydrogen) atoms. The van der Waals surface area contributed by atoms with E-state index in [0.29, 0.717) is 10.9 Å². The van der Waals surface area contributed by atoms with Gasteiger partial charge < -0.3 is 16.2 Å². The molecule has 0 saturated heterocycles. The molecular weight excluding hydrogens is 379 g/mol. The van der Waals surface area contributed by atoms with Gasteiger partial charge in [0.25, 0.3) is 0 Å². The lowest BCUT2D eigenvalue weighted by Crippen LogP contribution is -2.38. The molecule has 0 bridgehead atoms. The molecule has 9 heteroatoms. The van der Waals surface area contributed by atoms with Crippen LogP contribution in [0.3, 0.4) is 0 Å². The number of nitrogens with zero attached hydrogens (tertiary/aromatic N) is 2. The molecule has 0 fully saturated rings. The maximum atomic E-state index is 14.2. The highest BCUT2D eigenvalue weighted by Crippen LogP contribution is 2.25. The molecule has 0 aliphatic heterocycles. The number of rotatable bonds is 4. The van der Waals surface area contributed by atoms with Crippen molar-refractivity contribution in [1.29, 1.82) is 0 Å². The zero-order valence-electron chi connectivity index (χ0n) is 13.9. The Morgan fingerprint density at radius 2 is 2.12 bits per heavy atom. The van der Waals surface area contributed by atoms with Gasteiger partial charge in [0.05, 0.1) is 29.7 Å². The molecule has 0 radical (unpaired) electrons. The van der Waals surface area contributed by atoms with Crippen molar-refractivity contribution in [3.05, 3.63) is 54.0 Å². The van der Waals surface area contributed by atoms with Gasteiger partial charge in [-0.15, -0.1) is 12.4 Å². The number of aromatic nitrogens is 2. The summed E-state index contributed by atoms with van der Waals surface area (Å²) < 4.78 is 15.8. The Bertz CT molecular complexity index is 919. The molecule has 0 saturated carbocycles. The van der Waals surface area contributed by atoms with E-state index in [1.165, 1.54) is 12.1 Å². The van der Waals surface area contributed by atoms with Crippen molar-refractivity contribution in [3.8, 4) is 5.69 Å². The monoisotopic (exact) mass is 398 g/mol. The summed E-state index contributed by atoms with van der Waals surface area (Å²) in [6, 6.07) is 9.41. The molecule has 2 aromatic carbocycles. The fourth-order valence-electron chi connectivity index (χ4n) is 2.42. The smallest absolute Gasteiger partial charge is 0.243 e. The standard InChI is InChI=1S/C17H17FN4O2.ClH.H2S/c1-10-3-2-4-12(5-10)22-16-7-15(21-17(24)14(19)9-23)13(18)6-11(16)8-20-22;;/h2-8,14,23H,9,19H2,1H3,(H,21,24);1H;1H2/t14-;;/m0../s1. The Morgan fingerprint density at radius 3 is 2.77 bits per heavy atom. The molecule has 0 aliphatic rings. The molecule has 4 N–H and O–H groups in total. The van der Waals surface area contributed by atoms with Crippen LogP contribution in [0.25, 0.3) is 16.6 Å². The van der Waals surface area contributed by atoms with E-state index in [1.54, 1.807) is 10.9 Å². The lowest BCUT2D eigenvalue weighted by Gasteiger charge is -2.11.